The van der Waals surface area contributed by atoms with Gasteiger partial charge in [0.2, 0.25) is 5.91 Å². The smallest absolute Gasteiger partial charge is 0.282 e. The Morgan fingerprint density at radius 1 is 1.30 bits per heavy atom. The van der Waals surface area contributed by atoms with Crippen molar-refractivity contribution in [3.05, 3.63) is 28.1 Å². The van der Waals surface area contributed by atoms with Crippen molar-refractivity contribution in [2.75, 3.05) is 31.1 Å². The topological polar surface area (TPSA) is 74.5 Å². The van der Waals surface area contributed by atoms with Gasteiger partial charge in [-0.25, -0.2) is 13.8 Å². The van der Waals surface area contributed by atoms with Gasteiger partial charge in [0.1, 0.15) is 5.76 Å². The van der Waals surface area contributed by atoms with E-state index < -0.39 is 5.92 Å². The van der Waals surface area contributed by atoms with Gasteiger partial charge in [-0.15, -0.1) is 11.3 Å². The number of carbonyl (C=O) groups is 1. The van der Waals surface area contributed by atoms with E-state index in [-0.39, 0.29) is 31.5 Å². The number of thiazole rings is 1. The molecule has 1 amide bonds. The summed E-state index contributed by atoms with van der Waals surface area (Å²) in [6.07, 6.45) is 6.67. The lowest BCUT2D eigenvalue weighted by molar-refractivity contribution is -0.121. The molecule has 3 aliphatic rings. The zero-order valence-corrected chi connectivity index (χ0v) is 19.8. The maximum Gasteiger partial charge on any atom is 0.282 e. The van der Waals surface area contributed by atoms with E-state index in [0.29, 0.717) is 11.7 Å². The minimum Gasteiger partial charge on any atom is -0.361 e. The maximum atomic E-state index is 13.2. The van der Waals surface area contributed by atoms with Crippen LogP contribution >= 0.6 is 11.3 Å². The molecule has 7 nitrogen and oxygen atoms in total. The zero-order chi connectivity index (χ0) is 23.0. The molecule has 1 saturated heterocycles. The lowest BCUT2D eigenvalue weighted by Gasteiger charge is -2.38. The molecule has 2 aromatic rings. The number of rotatable bonds is 7. The van der Waals surface area contributed by atoms with E-state index in [9.17, 15) is 13.6 Å². The molecule has 5 rings (SSSR count). The van der Waals surface area contributed by atoms with Crippen molar-refractivity contribution in [3.8, 4) is 0 Å². The average Bonchev–Trinajstić information content (AvgIpc) is 3.36. The highest BCUT2D eigenvalue weighted by Crippen LogP contribution is 2.37. The van der Waals surface area contributed by atoms with Crippen LogP contribution in [-0.4, -0.2) is 59.1 Å². The predicted octanol–water partition coefficient (Wildman–Crippen LogP) is 3.56. The fourth-order valence-corrected chi connectivity index (χ4v) is 6.17. The van der Waals surface area contributed by atoms with Gasteiger partial charge in [-0.3, -0.25) is 9.69 Å². The highest BCUT2D eigenvalue weighted by Gasteiger charge is 2.45. The summed E-state index contributed by atoms with van der Waals surface area (Å²) in [5, 5.41) is 7.73. The third-order valence-corrected chi connectivity index (χ3v) is 8.21. The predicted molar refractivity (Wildman–Crippen MR) is 122 cm³/mol. The average molecular weight is 480 g/mol. The second kappa shape index (κ2) is 9.29. The number of aromatic nitrogens is 2. The standard InChI is InChI=1S/C23H31F2N5O2S/c1-15-10-18(32-28-15)11-21(31)26-17-4-2-16(3-5-17)6-8-29-9-7-20-19(12-29)27-22(33-20)30-13-23(24,25)14-30/h10,16-17H,2-9,11-14H2,1H3,(H,26,31). The monoisotopic (exact) mass is 479 g/mol. The summed E-state index contributed by atoms with van der Waals surface area (Å²) in [5.41, 5.74) is 1.86. The third-order valence-electron chi connectivity index (χ3n) is 6.99. The molecule has 0 aromatic carbocycles. The van der Waals surface area contributed by atoms with Gasteiger partial charge in [0.25, 0.3) is 5.92 Å². The molecule has 1 saturated carbocycles. The molecule has 10 heteroatoms. The van der Waals surface area contributed by atoms with Crippen LogP contribution in [0.1, 0.15) is 54.1 Å². The molecule has 0 spiro atoms. The molecule has 4 heterocycles. The lowest BCUT2D eigenvalue weighted by Crippen LogP contribution is -2.56. The molecule has 1 aliphatic carbocycles. The Morgan fingerprint density at radius 3 is 2.79 bits per heavy atom. The molecule has 33 heavy (non-hydrogen) atoms. The van der Waals surface area contributed by atoms with E-state index in [0.717, 1.165) is 74.7 Å². The van der Waals surface area contributed by atoms with Gasteiger partial charge in [-0.05, 0) is 57.9 Å². The van der Waals surface area contributed by atoms with Crippen LogP contribution < -0.4 is 10.2 Å². The first kappa shape index (κ1) is 22.7. The molecule has 2 aromatic heterocycles. The Balaban J connectivity index is 1.02. The number of halogens is 2. The summed E-state index contributed by atoms with van der Waals surface area (Å²) in [4.78, 5) is 22.3. The van der Waals surface area contributed by atoms with Crippen molar-refractivity contribution in [2.24, 2.45) is 5.92 Å². The minimum atomic E-state index is -2.56. The van der Waals surface area contributed by atoms with Crippen LogP contribution in [0.3, 0.4) is 0 Å². The Bertz CT molecular complexity index is 977. The Labute approximate surface area is 196 Å². The first-order chi connectivity index (χ1) is 15.8. The molecule has 0 unspecified atom stereocenters. The normalized spacial score (nSPS) is 24.9. The van der Waals surface area contributed by atoms with Crippen LogP contribution in [0.15, 0.2) is 10.6 Å². The van der Waals surface area contributed by atoms with Crippen LogP contribution in [0.25, 0.3) is 0 Å². The fourth-order valence-electron chi connectivity index (χ4n) is 5.11. The molecule has 0 atom stereocenters. The second-order valence-electron chi connectivity index (χ2n) is 9.79. The van der Waals surface area contributed by atoms with Gasteiger partial charge in [-0.2, -0.15) is 0 Å². The Morgan fingerprint density at radius 2 is 2.09 bits per heavy atom. The van der Waals surface area contributed by atoms with Crippen molar-refractivity contribution < 1.29 is 18.1 Å². The molecule has 2 aliphatic heterocycles. The number of hydrogen-bond donors (Lipinski definition) is 1. The highest BCUT2D eigenvalue weighted by atomic mass is 32.1. The van der Waals surface area contributed by atoms with Crippen molar-refractivity contribution in [2.45, 2.75) is 70.4 Å². The second-order valence-corrected chi connectivity index (χ2v) is 10.9. The van der Waals surface area contributed by atoms with E-state index in [1.807, 2.05) is 6.92 Å². The summed E-state index contributed by atoms with van der Waals surface area (Å²) >= 11 is 1.59. The van der Waals surface area contributed by atoms with Crippen LogP contribution in [0.4, 0.5) is 13.9 Å². The molecule has 0 bridgehead atoms. The number of amides is 1. The maximum absolute atomic E-state index is 13.2. The van der Waals surface area contributed by atoms with Crippen LogP contribution in [0.2, 0.25) is 0 Å². The molecular formula is C23H31F2N5O2S. The molecule has 0 radical (unpaired) electrons. The number of alkyl halides is 2. The van der Waals surface area contributed by atoms with Crippen molar-refractivity contribution >= 4 is 22.4 Å². The first-order valence-electron chi connectivity index (χ1n) is 11.9. The fraction of sp³-hybridized carbons (Fsp3) is 0.696. The van der Waals surface area contributed by atoms with Crippen molar-refractivity contribution in [1.29, 1.82) is 0 Å². The van der Waals surface area contributed by atoms with Gasteiger partial charge in [0.05, 0.1) is 30.9 Å². The largest absolute Gasteiger partial charge is 0.361 e. The van der Waals surface area contributed by atoms with E-state index in [2.05, 4.69) is 20.4 Å². The van der Waals surface area contributed by atoms with Crippen molar-refractivity contribution in [1.82, 2.24) is 20.4 Å². The van der Waals surface area contributed by atoms with Crippen LogP contribution in [0.5, 0.6) is 0 Å². The molecule has 1 N–H and O–H groups in total. The summed E-state index contributed by atoms with van der Waals surface area (Å²) < 4.78 is 31.5. The first-order valence-corrected chi connectivity index (χ1v) is 12.7. The number of aryl methyl sites for hydroxylation is 1. The molecule has 180 valence electrons. The Kier molecular flexibility index (Phi) is 6.39. The summed E-state index contributed by atoms with van der Waals surface area (Å²) in [7, 11) is 0. The van der Waals surface area contributed by atoms with Crippen LogP contribution in [0, 0.1) is 12.8 Å². The van der Waals surface area contributed by atoms with Gasteiger partial charge in [0.15, 0.2) is 5.13 Å². The molecule has 2 fully saturated rings. The van der Waals surface area contributed by atoms with Gasteiger partial charge in [0, 0.05) is 30.1 Å². The number of anilines is 1. The number of nitrogens with one attached hydrogen (secondary N) is 1. The van der Waals surface area contributed by atoms with Gasteiger partial charge >= 0.3 is 0 Å². The number of nitrogens with zero attached hydrogens (tertiary/aromatic N) is 4. The van der Waals surface area contributed by atoms with E-state index in [1.54, 1.807) is 22.3 Å². The van der Waals surface area contributed by atoms with E-state index in [4.69, 9.17) is 4.52 Å². The summed E-state index contributed by atoms with van der Waals surface area (Å²) in [6, 6.07) is 2.05. The van der Waals surface area contributed by atoms with E-state index >= 15 is 0 Å². The van der Waals surface area contributed by atoms with Crippen molar-refractivity contribution in [3.63, 3.8) is 0 Å². The highest BCUT2D eigenvalue weighted by molar-refractivity contribution is 7.15. The zero-order valence-electron chi connectivity index (χ0n) is 19.0. The quantitative estimate of drug-likeness (QED) is 0.655. The third kappa shape index (κ3) is 5.54. The number of carbonyl (C=O) groups excluding carboxylic acids is 1. The van der Waals surface area contributed by atoms with Gasteiger partial charge in [-0.1, -0.05) is 5.16 Å². The van der Waals surface area contributed by atoms with E-state index in [1.165, 1.54) is 4.88 Å². The van der Waals surface area contributed by atoms with Gasteiger partial charge < -0.3 is 14.7 Å². The van der Waals surface area contributed by atoms with Crippen LogP contribution in [-0.2, 0) is 24.2 Å². The number of fused-ring (bicyclic) bond motifs is 1. The Hall–Kier alpha value is -2.07. The SMILES string of the molecule is Cc1cc(CC(=O)NC2CCC(CCN3CCc4sc(N5CC(F)(F)C5)nc4C3)CC2)on1. The summed E-state index contributed by atoms with van der Waals surface area (Å²) in [5.74, 6) is -1.26. The minimum absolute atomic E-state index is 0.00306. The lowest BCUT2D eigenvalue weighted by atomic mass is 9.84. The summed E-state index contributed by atoms with van der Waals surface area (Å²) in [6.45, 7) is 4.32. The molecular weight excluding hydrogens is 448 g/mol. The number of hydrogen-bond acceptors (Lipinski definition) is 7.